The van der Waals surface area contributed by atoms with E-state index in [0.29, 0.717) is 6.07 Å². The van der Waals surface area contributed by atoms with Gasteiger partial charge in [0.1, 0.15) is 0 Å². The van der Waals surface area contributed by atoms with Gasteiger partial charge < -0.3 is 4.74 Å². The summed E-state index contributed by atoms with van der Waals surface area (Å²) in [5, 5.41) is -0.641. The van der Waals surface area contributed by atoms with Crippen molar-refractivity contribution in [3.63, 3.8) is 0 Å². The smallest absolute Gasteiger partial charge is 0.417 e. The zero-order valence-electron chi connectivity index (χ0n) is 9.18. The molecule has 7 heteroatoms. The molecule has 0 amide bonds. The highest BCUT2D eigenvalue weighted by molar-refractivity contribution is 6.41. The van der Waals surface area contributed by atoms with Gasteiger partial charge in [-0.1, -0.05) is 17.7 Å². The minimum absolute atomic E-state index is 0.00105. The highest BCUT2D eigenvalue weighted by Gasteiger charge is 2.33. The Hall–Kier alpha value is -1.56. The number of esters is 1. The van der Waals surface area contributed by atoms with Crippen molar-refractivity contribution in [1.82, 2.24) is 0 Å². The normalized spacial score (nSPS) is 11.2. The van der Waals surface area contributed by atoms with E-state index in [2.05, 4.69) is 4.74 Å². The Bertz CT molecular complexity index is 483. The number of Topliss-reactive ketones (excluding diaryl/α,β-unsaturated/α-hetero) is 1. The van der Waals surface area contributed by atoms with E-state index in [4.69, 9.17) is 11.6 Å². The van der Waals surface area contributed by atoms with Crippen LogP contribution < -0.4 is 0 Å². The molecule has 1 rings (SSSR count). The Kier molecular flexibility index (Phi) is 4.34. The van der Waals surface area contributed by atoms with Gasteiger partial charge in [-0.05, 0) is 19.1 Å². The van der Waals surface area contributed by atoms with E-state index in [1.54, 1.807) is 0 Å². The largest absolute Gasteiger partial charge is 0.460 e. The molecule has 3 nitrogen and oxygen atoms in total. The maximum absolute atomic E-state index is 12.4. The predicted molar refractivity (Wildman–Crippen MR) is 57.4 cm³/mol. The molecule has 0 aliphatic rings. The van der Waals surface area contributed by atoms with E-state index in [9.17, 15) is 22.8 Å². The van der Waals surface area contributed by atoms with Crippen molar-refractivity contribution in [1.29, 1.82) is 0 Å². The number of carbonyl (C=O) groups excluding carboxylic acids is 2. The van der Waals surface area contributed by atoms with Crippen LogP contribution in [0.1, 0.15) is 22.8 Å². The maximum atomic E-state index is 12.4. The number of ether oxygens (including phenoxy) is 1. The van der Waals surface area contributed by atoms with Crippen LogP contribution in [0.4, 0.5) is 13.2 Å². The molecule has 0 atom stereocenters. The highest BCUT2D eigenvalue weighted by atomic mass is 35.5. The summed E-state index contributed by atoms with van der Waals surface area (Å²) in [4.78, 5) is 22.5. The lowest BCUT2D eigenvalue weighted by molar-refractivity contribution is -0.138. The standard InChI is InChI=1S/C11H8ClF3O3/c1-2-18-10(17)9(16)6-3-4-7(8(12)5-6)11(13,14)15/h3-5H,2H2,1H3. The first-order valence-corrected chi connectivity index (χ1v) is 5.23. The van der Waals surface area contributed by atoms with Crippen LogP contribution in [-0.4, -0.2) is 18.4 Å². The van der Waals surface area contributed by atoms with E-state index < -0.39 is 28.5 Å². The first-order valence-electron chi connectivity index (χ1n) is 4.85. The Labute approximate surface area is 105 Å². The summed E-state index contributed by atoms with van der Waals surface area (Å²) >= 11 is 5.42. The van der Waals surface area contributed by atoms with Crippen molar-refractivity contribution >= 4 is 23.4 Å². The van der Waals surface area contributed by atoms with Crippen LogP contribution in [0.15, 0.2) is 18.2 Å². The summed E-state index contributed by atoms with van der Waals surface area (Å²) in [6.07, 6.45) is -4.61. The number of carbonyl (C=O) groups is 2. The molecule has 0 heterocycles. The fourth-order valence-electron chi connectivity index (χ4n) is 1.20. The van der Waals surface area contributed by atoms with Gasteiger partial charge in [-0.25, -0.2) is 4.79 Å². The molecule has 98 valence electrons. The third-order valence-electron chi connectivity index (χ3n) is 2.00. The highest BCUT2D eigenvalue weighted by Crippen LogP contribution is 2.34. The lowest BCUT2D eigenvalue weighted by Gasteiger charge is -2.09. The topological polar surface area (TPSA) is 43.4 Å². The monoisotopic (exact) mass is 280 g/mol. The Morgan fingerprint density at radius 3 is 2.39 bits per heavy atom. The van der Waals surface area contributed by atoms with Crippen molar-refractivity contribution in [2.45, 2.75) is 13.1 Å². The molecule has 0 N–H and O–H groups in total. The third-order valence-corrected chi connectivity index (χ3v) is 2.31. The lowest BCUT2D eigenvalue weighted by atomic mass is 10.1. The van der Waals surface area contributed by atoms with E-state index in [1.165, 1.54) is 6.92 Å². The number of rotatable bonds is 3. The zero-order chi connectivity index (χ0) is 13.9. The summed E-state index contributed by atoms with van der Waals surface area (Å²) in [5.41, 5.74) is -1.31. The van der Waals surface area contributed by atoms with Crippen LogP contribution in [0.25, 0.3) is 0 Å². The Morgan fingerprint density at radius 1 is 1.33 bits per heavy atom. The van der Waals surface area contributed by atoms with Crippen molar-refractivity contribution in [2.75, 3.05) is 6.61 Å². The van der Waals surface area contributed by atoms with Crippen LogP contribution in [-0.2, 0) is 15.7 Å². The van der Waals surface area contributed by atoms with Gasteiger partial charge >= 0.3 is 12.1 Å². The quantitative estimate of drug-likeness (QED) is 0.485. The van der Waals surface area contributed by atoms with E-state index in [1.807, 2.05) is 0 Å². The van der Waals surface area contributed by atoms with Crippen molar-refractivity contribution in [3.05, 3.63) is 34.3 Å². The molecule has 1 aromatic rings. The van der Waals surface area contributed by atoms with E-state index in [0.717, 1.165) is 12.1 Å². The first kappa shape index (κ1) is 14.5. The minimum Gasteiger partial charge on any atom is -0.460 e. The van der Waals surface area contributed by atoms with Crippen molar-refractivity contribution in [2.24, 2.45) is 0 Å². The number of ketones is 1. The minimum atomic E-state index is -4.61. The Balaban J connectivity index is 3.05. The predicted octanol–water partition coefficient (Wildman–Crippen LogP) is 3.10. The number of hydrogen-bond donors (Lipinski definition) is 0. The summed E-state index contributed by atoms with van der Waals surface area (Å²) < 4.78 is 41.6. The average molecular weight is 281 g/mol. The van der Waals surface area contributed by atoms with Crippen LogP contribution >= 0.6 is 11.6 Å². The molecule has 0 radical (unpaired) electrons. The van der Waals surface area contributed by atoms with Gasteiger partial charge in [0.25, 0.3) is 5.78 Å². The molecule has 0 unspecified atom stereocenters. The van der Waals surface area contributed by atoms with Crippen molar-refractivity contribution in [3.8, 4) is 0 Å². The van der Waals surface area contributed by atoms with Gasteiger partial charge in [-0.3, -0.25) is 4.79 Å². The first-order chi connectivity index (χ1) is 8.27. The zero-order valence-corrected chi connectivity index (χ0v) is 9.93. The van der Waals surface area contributed by atoms with Gasteiger partial charge in [-0.2, -0.15) is 13.2 Å². The fraction of sp³-hybridized carbons (Fsp3) is 0.273. The third kappa shape index (κ3) is 3.22. The lowest BCUT2D eigenvalue weighted by Crippen LogP contribution is -2.18. The summed E-state index contributed by atoms with van der Waals surface area (Å²) in [7, 11) is 0. The van der Waals surface area contributed by atoms with E-state index in [-0.39, 0.29) is 12.2 Å². The van der Waals surface area contributed by atoms with E-state index >= 15 is 0 Å². The average Bonchev–Trinajstić information content (AvgIpc) is 2.26. The molecular weight excluding hydrogens is 273 g/mol. The molecule has 0 saturated carbocycles. The molecular formula is C11H8ClF3O3. The molecule has 18 heavy (non-hydrogen) atoms. The SMILES string of the molecule is CCOC(=O)C(=O)c1ccc(C(F)(F)F)c(Cl)c1. The second-order valence-corrected chi connectivity index (χ2v) is 3.65. The maximum Gasteiger partial charge on any atom is 0.417 e. The van der Waals surface area contributed by atoms with Crippen LogP contribution in [0.2, 0.25) is 5.02 Å². The number of benzene rings is 1. The second-order valence-electron chi connectivity index (χ2n) is 3.24. The van der Waals surface area contributed by atoms with Gasteiger partial charge in [0, 0.05) is 5.56 Å². The molecule has 0 saturated heterocycles. The molecule has 0 aliphatic heterocycles. The van der Waals surface area contributed by atoms with Gasteiger partial charge in [0.05, 0.1) is 17.2 Å². The summed E-state index contributed by atoms with van der Waals surface area (Å²) in [5.74, 6) is -2.17. The van der Waals surface area contributed by atoms with Crippen LogP contribution in [0, 0.1) is 0 Å². The fourth-order valence-corrected chi connectivity index (χ4v) is 1.49. The summed E-state index contributed by atoms with van der Waals surface area (Å²) in [6, 6.07) is 2.33. The number of hydrogen-bond acceptors (Lipinski definition) is 3. The van der Waals surface area contributed by atoms with Crippen molar-refractivity contribution < 1.29 is 27.5 Å². The van der Waals surface area contributed by atoms with Gasteiger partial charge in [0.15, 0.2) is 0 Å². The molecule has 0 spiro atoms. The summed E-state index contributed by atoms with van der Waals surface area (Å²) in [6.45, 7) is 1.50. The molecule has 0 aliphatic carbocycles. The van der Waals surface area contributed by atoms with Crippen LogP contribution in [0.3, 0.4) is 0 Å². The molecule has 1 aromatic carbocycles. The van der Waals surface area contributed by atoms with Gasteiger partial charge in [0.2, 0.25) is 0 Å². The Morgan fingerprint density at radius 2 is 1.94 bits per heavy atom. The van der Waals surface area contributed by atoms with Gasteiger partial charge in [-0.15, -0.1) is 0 Å². The molecule has 0 fully saturated rings. The molecule has 0 bridgehead atoms. The number of alkyl halides is 3. The van der Waals surface area contributed by atoms with Crippen LogP contribution in [0.5, 0.6) is 0 Å². The molecule has 0 aromatic heterocycles. The number of halogens is 4. The second kappa shape index (κ2) is 5.39.